The minimum absolute atomic E-state index is 0.461. The number of aliphatic hydroxyl groups excluding tert-OH is 1. The Balaban J connectivity index is 1.88. The second kappa shape index (κ2) is 7.28. The van der Waals surface area contributed by atoms with Gasteiger partial charge in [0.15, 0.2) is 8.68 Å². The zero-order valence-corrected chi connectivity index (χ0v) is 13.3. The lowest BCUT2D eigenvalue weighted by molar-refractivity contribution is 0.204. The van der Waals surface area contributed by atoms with Crippen LogP contribution in [0.1, 0.15) is 24.2 Å². The van der Waals surface area contributed by atoms with Crippen molar-refractivity contribution in [3.63, 3.8) is 0 Å². The molecule has 1 atom stereocenters. The highest BCUT2D eigenvalue weighted by atomic mass is 32.2. The van der Waals surface area contributed by atoms with Gasteiger partial charge in [-0.1, -0.05) is 71.6 Å². The van der Waals surface area contributed by atoms with E-state index in [9.17, 15) is 5.11 Å². The Morgan fingerprint density at radius 2 is 1.79 bits per heavy atom. The monoisotopic (exact) mass is 312 g/mol. The normalized spacial score (nSPS) is 12.6. The number of aromatic nitrogens is 2. The molecule has 1 aromatic heterocycles. The van der Waals surface area contributed by atoms with Gasteiger partial charge in [0.25, 0.3) is 0 Å². The van der Waals surface area contributed by atoms with Gasteiger partial charge in [-0.2, -0.15) is 0 Å². The number of thioether (sulfide) groups is 2. The zero-order chi connectivity index (χ0) is 13.7. The number of hydrogen-bond acceptors (Lipinski definition) is 6. The summed E-state index contributed by atoms with van der Waals surface area (Å²) in [6, 6.07) is 7.98. The van der Waals surface area contributed by atoms with Gasteiger partial charge in [-0.25, -0.2) is 0 Å². The van der Waals surface area contributed by atoms with Crippen LogP contribution in [0.15, 0.2) is 32.9 Å². The standard InChI is InChI=1S/C13H16N2OS3/c1-3-17-12-14-15-13(19-12)18-8-11(16)10-6-4-9(2)5-7-10/h4-7,11,16H,3,8H2,1-2H3. The SMILES string of the molecule is CCSc1nnc(SCC(O)c2ccc(C)cc2)s1. The fraction of sp³-hybridized carbons (Fsp3) is 0.385. The highest BCUT2D eigenvalue weighted by Crippen LogP contribution is 2.31. The van der Waals surface area contributed by atoms with E-state index in [1.54, 1.807) is 34.9 Å². The molecule has 2 rings (SSSR count). The molecule has 1 N–H and O–H groups in total. The first-order valence-corrected chi connectivity index (χ1v) is 8.81. The van der Waals surface area contributed by atoms with Crippen LogP contribution in [0.4, 0.5) is 0 Å². The molecule has 0 spiro atoms. The summed E-state index contributed by atoms with van der Waals surface area (Å²) in [4.78, 5) is 0. The topological polar surface area (TPSA) is 46.0 Å². The highest BCUT2D eigenvalue weighted by Gasteiger charge is 2.10. The van der Waals surface area contributed by atoms with Gasteiger partial charge in [0.1, 0.15) is 0 Å². The van der Waals surface area contributed by atoms with Gasteiger partial charge in [0.05, 0.1) is 6.10 Å². The molecule has 0 saturated heterocycles. The number of benzene rings is 1. The van der Waals surface area contributed by atoms with Crippen molar-refractivity contribution in [3.8, 4) is 0 Å². The molecule has 6 heteroatoms. The Bertz CT molecular complexity index is 513. The number of aliphatic hydroxyl groups is 1. The third kappa shape index (κ3) is 4.49. The molecule has 2 aromatic rings. The van der Waals surface area contributed by atoms with E-state index in [1.807, 2.05) is 31.2 Å². The molecule has 0 aliphatic heterocycles. The molecule has 1 unspecified atom stereocenters. The van der Waals surface area contributed by atoms with Gasteiger partial charge in [-0.05, 0) is 18.2 Å². The first kappa shape index (κ1) is 14.8. The molecule has 0 fully saturated rings. The Labute approximate surface area is 125 Å². The molecule has 19 heavy (non-hydrogen) atoms. The lowest BCUT2D eigenvalue weighted by Crippen LogP contribution is -2.00. The highest BCUT2D eigenvalue weighted by molar-refractivity contribution is 8.03. The van der Waals surface area contributed by atoms with E-state index >= 15 is 0 Å². The average molecular weight is 312 g/mol. The number of hydrogen-bond donors (Lipinski definition) is 1. The summed E-state index contributed by atoms with van der Waals surface area (Å²) in [6.07, 6.45) is -0.461. The maximum absolute atomic E-state index is 10.1. The van der Waals surface area contributed by atoms with Crippen LogP contribution in [0.25, 0.3) is 0 Å². The molecule has 0 bridgehead atoms. The van der Waals surface area contributed by atoms with Gasteiger partial charge in [-0.3, -0.25) is 0 Å². The Hall–Kier alpha value is -0.560. The molecule has 0 radical (unpaired) electrons. The van der Waals surface area contributed by atoms with Crippen LogP contribution in [0.5, 0.6) is 0 Å². The van der Waals surface area contributed by atoms with Crippen molar-refractivity contribution >= 4 is 34.9 Å². The van der Waals surface area contributed by atoms with Crippen LogP contribution in [-0.4, -0.2) is 26.8 Å². The second-order valence-corrected chi connectivity index (χ2v) is 7.76. The zero-order valence-electron chi connectivity index (χ0n) is 10.9. The predicted molar refractivity (Wildman–Crippen MR) is 83.2 cm³/mol. The summed E-state index contributed by atoms with van der Waals surface area (Å²) in [7, 11) is 0. The van der Waals surface area contributed by atoms with Crippen molar-refractivity contribution in [2.24, 2.45) is 0 Å². The summed E-state index contributed by atoms with van der Waals surface area (Å²) in [5.74, 6) is 1.61. The van der Waals surface area contributed by atoms with Crippen LogP contribution in [0.3, 0.4) is 0 Å². The van der Waals surface area contributed by atoms with Gasteiger partial charge in [0, 0.05) is 5.75 Å². The maximum Gasteiger partial charge on any atom is 0.175 e. The lowest BCUT2D eigenvalue weighted by Gasteiger charge is -2.09. The minimum atomic E-state index is -0.461. The smallest absolute Gasteiger partial charge is 0.175 e. The Morgan fingerprint density at radius 1 is 1.16 bits per heavy atom. The maximum atomic E-state index is 10.1. The summed E-state index contributed by atoms with van der Waals surface area (Å²) in [5, 5.41) is 18.3. The van der Waals surface area contributed by atoms with Crippen molar-refractivity contribution in [1.29, 1.82) is 0 Å². The predicted octanol–water partition coefficient (Wildman–Crippen LogP) is 3.78. The third-order valence-corrected chi connectivity index (χ3v) is 5.63. The summed E-state index contributed by atoms with van der Waals surface area (Å²) in [5.41, 5.74) is 2.15. The van der Waals surface area contributed by atoms with Gasteiger partial charge < -0.3 is 5.11 Å². The second-order valence-electron chi connectivity index (χ2n) is 4.00. The van der Waals surface area contributed by atoms with E-state index in [1.165, 1.54) is 5.56 Å². The molecule has 1 heterocycles. The quantitative estimate of drug-likeness (QED) is 0.822. The molecular formula is C13H16N2OS3. The van der Waals surface area contributed by atoms with Crippen LogP contribution in [0, 0.1) is 6.92 Å². The van der Waals surface area contributed by atoms with Gasteiger partial charge in [0.2, 0.25) is 0 Å². The third-order valence-electron chi connectivity index (χ3n) is 2.48. The average Bonchev–Trinajstić information content (AvgIpc) is 2.85. The van der Waals surface area contributed by atoms with Crippen LogP contribution in [-0.2, 0) is 0 Å². The Kier molecular flexibility index (Phi) is 5.69. The number of aryl methyl sites for hydroxylation is 1. The molecular weight excluding hydrogens is 296 g/mol. The number of nitrogens with zero attached hydrogens (tertiary/aromatic N) is 2. The molecule has 0 saturated carbocycles. The molecule has 1 aromatic carbocycles. The molecule has 102 valence electrons. The van der Waals surface area contributed by atoms with Crippen LogP contribution >= 0.6 is 34.9 Å². The fourth-order valence-electron chi connectivity index (χ4n) is 1.47. The minimum Gasteiger partial charge on any atom is -0.388 e. The van der Waals surface area contributed by atoms with Gasteiger partial charge >= 0.3 is 0 Å². The van der Waals surface area contributed by atoms with E-state index < -0.39 is 6.10 Å². The molecule has 0 aliphatic rings. The first-order chi connectivity index (χ1) is 9.19. The molecule has 0 aliphatic carbocycles. The summed E-state index contributed by atoms with van der Waals surface area (Å²) >= 11 is 4.84. The van der Waals surface area contributed by atoms with E-state index in [2.05, 4.69) is 17.1 Å². The largest absolute Gasteiger partial charge is 0.388 e. The van der Waals surface area contributed by atoms with Crippen molar-refractivity contribution in [3.05, 3.63) is 35.4 Å². The van der Waals surface area contributed by atoms with Gasteiger partial charge in [-0.15, -0.1) is 10.2 Å². The van der Waals surface area contributed by atoms with E-state index in [0.717, 1.165) is 20.0 Å². The van der Waals surface area contributed by atoms with E-state index in [-0.39, 0.29) is 0 Å². The van der Waals surface area contributed by atoms with Crippen LogP contribution < -0.4 is 0 Å². The first-order valence-electron chi connectivity index (χ1n) is 6.02. The Morgan fingerprint density at radius 3 is 2.42 bits per heavy atom. The fourth-order valence-corrected chi connectivity index (χ4v) is 4.38. The lowest BCUT2D eigenvalue weighted by atomic mass is 10.1. The summed E-state index contributed by atoms with van der Waals surface area (Å²) in [6.45, 7) is 4.14. The molecule has 3 nitrogen and oxygen atoms in total. The van der Waals surface area contributed by atoms with E-state index in [4.69, 9.17) is 0 Å². The molecule has 0 amide bonds. The van der Waals surface area contributed by atoms with Crippen molar-refractivity contribution in [1.82, 2.24) is 10.2 Å². The number of rotatable bonds is 6. The van der Waals surface area contributed by atoms with E-state index in [0.29, 0.717) is 5.75 Å². The van der Waals surface area contributed by atoms with Crippen LogP contribution in [0.2, 0.25) is 0 Å². The van der Waals surface area contributed by atoms with Crippen molar-refractivity contribution in [2.45, 2.75) is 28.6 Å². The summed E-state index contributed by atoms with van der Waals surface area (Å²) < 4.78 is 1.91. The van der Waals surface area contributed by atoms with Crippen molar-refractivity contribution in [2.75, 3.05) is 11.5 Å². The van der Waals surface area contributed by atoms with Crippen molar-refractivity contribution < 1.29 is 5.11 Å².